The van der Waals surface area contributed by atoms with Gasteiger partial charge >= 0.3 is 0 Å². The Bertz CT molecular complexity index is 770. The Kier molecular flexibility index (Phi) is 2.12. The van der Waals surface area contributed by atoms with Crippen LogP contribution in [0.3, 0.4) is 0 Å². The largest absolute Gasteiger partial charge is 0.336 e. The van der Waals surface area contributed by atoms with Crippen LogP contribution in [0.25, 0.3) is 16.7 Å². The molecule has 3 aromatic rings. The van der Waals surface area contributed by atoms with Crippen LogP contribution < -0.4 is 11.3 Å². The van der Waals surface area contributed by atoms with E-state index in [1.54, 1.807) is 12.1 Å². The van der Waals surface area contributed by atoms with Gasteiger partial charge in [0.25, 0.3) is 0 Å². The highest BCUT2D eigenvalue weighted by molar-refractivity contribution is 5.74. The molecule has 0 saturated carbocycles. The van der Waals surface area contributed by atoms with Gasteiger partial charge in [0.15, 0.2) is 11.1 Å². The third kappa shape index (κ3) is 1.45. The lowest BCUT2D eigenvalue weighted by Gasteiger charge is -2.03. The zero-order chi connectivity index (χ0) is 12.7. The number of nitrogens with one attached hydrogen (secondary N) is 1. The monoisotopic (exact) mass is 244 g/mol. The highest BCUT2D eigenvalue weighted by Gasteiger charge is 2.08. The van der Waals surface area contributed by atoms with Gasteiger partial charge in [-0.3, -0.25) is 5.41 Å². The number of fused-ring (bicyclic) bond motifs is 1. The van der Waals surface area contributed by atoms with E-state index < -0.39 is 0 Å². The molecule has 0 saturated heterocycles. The Balaban J connectivity index is 2.28. The molecule has 7 heteroatoms. The smallest absolute Gasteiger partial charge is 0.168 e. The summed E-state index contributed by atoms with van der Waals surface area (Å²) in [6.45, 7) is 0. The predicted octanol–water partition coefficient (Wildman–Crippen LogP) is 0.554. The van der Waals surface area contributed by atoms with Gasteiger partial charge in [-0.05, 0) is 24.3 Å². The third-order valence-electron chi connectivity index (χ3n) is 2.63. The number of halogens is 1. The van der Waals surface area contributed by atoms with Gasteiger partial charge in [0, 0.05) is 0 Å². The van der Waals surface area contributed by atoms with Crippen LogP contribution in [0.2, 0.25) is 0 Å². The van der Waals surface area contributed by atoms with Crippen molar-refractivity contribution in [2.24, 2.45) is 0 Å². The van der Waals surface area contributed by atoms with Gasteiger partial charge in [-0.2, -0.15) is 5.10 Å². The van der Waals surface area contributed by atoms with Gasteiger partial charge in [-0.25, -0.2) is 18.7 Å². The van der Waals surface area contributed by atoms with Crippen molar-refractivity contribution in [2.45, 2.75) is 0 Å². The second kappa shape index (κ2) is 3.66. The van der Waals surface area contributed by atoms with Crippen LogP contribution in [0, 0.1) is 11.2 Å². The van der Waals surface area contributed by atoms with E-state index in [1.165, 1.54) is 29.3 Å². The summed E-state index contributed by atoms with van der Waals surface area (Å²) in [6, 6.07) is 5.88. The van der Waals surface area contributed by atoms with Gasteiger partial charge in [0.05, 0.1) is 17.3 Å². The lowest BCUT2D eigenvalue weighted by Crippen LogP contribution is -2.27. The van der Waals surface area contributed by atoms with Crippen LogP contribution >= 0.6 is 0 Å². The molecule has 0 aliphatic carbocycles. The van der Waals surface area contributed by atoms with E-state index in [0.29, 0.717) is 16.7 Å². The van der Waals surface area contributed by atoms with Crippen molar-refractivity contribution in [1.29, 1.82) is 5.41 Å². The first-order chi connectivity index (χ1) is 8.66. The topological polar surface area (TPSA) is 85.5 Å². The second-order valence-electron chi connectivity index (χ2n) is 3.77. The second-order valence-corrected chi connectivity index (χ2v) is 3.77. The minimum atomic E-state index is -0.316. The molecule has 0 amide bonds. The molecule has 2 aromatic heterocycles. The average Bonchev–Trinajstić information content (AvgIpc) is 2.79. The van der Waals surface area contributed by atoms with Crippen LogP contribution in [-0.4, -0.2) is 19.4 Å². The molecule has 18 heavy (non-hydrogen) atoms. The lowest BCUT2D eigenvalue weighted by atomic mass is 10.3. The quantitative estimate of drug-likeness (QED) is 0.613. The molecular formula is C11H9FN6. The molecule has 0 fully saturated rings. The Morgan fingerprint density at radius 2 is 1.94 bits per heavy atom. The third-order valence-corrected chi connectivity index (χ3v) is 2.63. The van der Waals surface area contributed by atoms with Crippen molar-refractivity contribution in [2.75, 3.05) is 5.84 Å². The van der Waals surface area contributed by atoms with Crippen LogP contribution in [0.15, 0.2) is 36.8 Å². The van der Waals surface area contributed by atoms with E-state index in [0.717, 1.165) is 4.68 Å². The fourth-order valence-corrected chi connectivity index (χ4v) is 1.72. The highest BCUT2D eigenvalue weighted by atomic mass is 19.1. The molecule has 0 aliphatic heterocycles. The summed E-state index contributed by atoms with van der Waals surface area (Å²) in [7, 11) is 0. The van der Waals surface area contributed by atoms with Gasteiger partial charge < -0.3 is 5.84 Å². The number of nitrogens with zero attached hydrogens (tertiary/aromatic N) is 4. The first-order valence-electron chi connectivity index (χ1n) is 5.18. The Morgan fingerprint density at radius 1 is 1.22 bits per heavy atom. The van der Waals surface area contributed by atoms with Gasteiger partial charge in [-0.1, -0.05) is 0 Å². The number of benzene rings is 1. The van der Waals surface area contributed by atoms with Crippen molar-refractivity contribution in [3.8, 4) is 5.69 Å². The molecule has 3 N–H and O–H groups in total. The van der Waals surface area contributed by atoms with Crippen molar-refractivity contribution in [3.63, 3.8) is 0 Å². The molecule has 0 bridgehead atoms. The molecule has 0 atom stereocenters. The maximum Gasteiger partial charge on any atom is 0.168 e. The zero-order valence-electron chi connectivity index (χ0n) is 9.21. The molecule has 2 heterocycles. The van der Waals surface area contributed by atoms with E-state index in [4.69, 9.17) is 11.3 Å². The molecule has 0 aliphatic rings. The van der Waals surface area contributed by atoms with E-state index in [-0.39, 0.29) is 11.3 Å². The standard InChI is InChI=1S/C11H9FN6/c12-7-1-3-8(4-2-7)18-11-9(5-16-18)10(13)17(14)6-15-11/h1-6,13H,14H2. The summed E-state index contributed by atoms with van der Waals surface area (Å²) < 4.78 is 15.5. The molecule has 3 rings (SSSR count). The minimum absolute atomic E-state index is 0.119. The molecular weight excluding hydrogens is 235 g/mol. The normalized spacial score (nSPS) is 10.9. The van der Waals surface area contributed by atoms with Crippen molar-refractivity contribution < 1.29 is 4.39 Å². The lowest BCUT2D eigenvalue weighted by molar-refractivity contribution is 0.627. The number of nitrogen functional groups attached to an aromatic ring is 1. The minimum Gasteiger partial charge on any atom is -0.336 e. The summed E-state index contributed by atoms with van der Waals surface area (Å²) >= 11 is 0. The van der Waals surface area contributed by atoms with Crippen molar-refractivity contribution in [1.82, 2.24) is 19.4 Å². The van der Waals surface area contributed by atoms with E-state index in [9.17, 15) is 4.39 Å². The van der Waals surface area contributed by atoms with Gasteiger partial charge in [-0.15, -0.1) is 0 Å². The van der Waals surface area contributed by atoms with Crippen molar-refractivity contribution in [3.05, 3.63) is 48.1 Å². The highest BCUT2D eigenvalue weighted by Crippen LogP contribution is 2.13. The maximum absolute atomic E-state index is 12.9. The molecule has 90 valence electrons. The molecule has 0 spiro atoms. The Labute approximate surface area is 101 Å². The summed E-state index contributed by atoms with van der Waals surface area (Å²) in [5.41, 5.74) is 1.30. The predicted molar refractivity (Wildman–Crippen MR) is 62.8 cm³/mol. The summed E-state index contributed by atoms with van der Waals surface area (Å²) in [5, 5.41) is 12.5. The van der Waals surface area contributed by atoms with Crippen LogP contribution in [0.4, 0.5) is 4.39 Å². The fourth-order valence-electron chi connectivity index (χ4n) is 1.72. The SMILES string of the molecule is N=c1c2cnn(-c3ccc(F)cc3)c2ncn1N. The number of aromatic nitrogens is 4. The Hall–Kier alpha value is -2.70. The average molecular weight is 244 g/mol. The van der Waals surface area contributed by atoms with E-state index in [1.807, 2.05) is 0 Å². The number of hydrogen-bond acceptors (Lipinski definition) is 4. The van der Waals surface area contributed by atoms with Crippen LogP contribution in [0.5, 0.6) is 0 Å². The number of hydrogen-bond donors (Lipinski definition) is 2. The molecule has 1 aromatic carbocycles. The Morgan fingerprint density at radius 3 is 2.67 bits per heavy atom. The summed E-state index contributed by atoms with van der Waals surface area (Å²) in [6.07, 6.45) is 2.85. The van der Waals surface area contributed by atoms with Gasteiger partial charge in [0.2, 0.25) is 0 Å². The first-order valence-corrected chi connectivity index (χ1v) is 5.18. The molecule has 0 unspecified atom stereocenters. The van der Waals surface area contributed by atoms with Crippen LogP contribution in [-0.2, 0) is 0 Å². The number of rotatable bonds is 1. The van der Waals surface area contributed by atoms with Crippen molar-refractivity contribution >= 4 is 11.0 Å². The molecule has 6 nitrogen and oxygen atoms in total. The maximum atomic E-state index is 12.9. The fraction of sp³-hybridized carbons (Fsp3) is 0. The summed E-state index contributed by atoms with van der Waals surface area (Å²) in [4.78, 5) is 4.13. The molecule has 0 radical (unpaired) electrons. The summed E-state index contributed by atoms with van der Waals surface area (Å²) in [5.74, 6) is 5.22. The van der Waals surface area contributed by atoms with Crippen LogP contribution in [0.1, 0.15) is 0 Å². The first kappa shape index (κ1) is 10.5. The number of nitrogens with two attached hydrogens (primary N) is 1. The van der Waals surface area contributed by atoms with Gasteiger partial charge in [0.1, 0.15) is 12.1 Å². The van der Waals surface area contributed by atoms with E-state index in [2.05, 4.69) is 10.1 Å². The van der Waals surface area contributed by atoms with E-state index >= 15 is 0 Å². The zero-order valence-corrected chi connectivity index (χ0v) is 9.21.